The first-order chi connectivity index (χ1) is 14.3. The number of nitrogens with zero attached hydrogens (tertiary/aromatic N) is 3. The lowest BCUT2D eigenvalue weighted by Gasteiger charge is -2.27. The van der Waals surface area contributed by atoms with Gasteiger partial charge in [0.1, 0.15) is 5.56 Å². The fraction of sp³-hybridized carbons (Fsp3) is 0.429. The summed E-state index contributed by atoms with van der Waals surface area (Å²) in [5, 5.41) is 0.198. The van der Waals surface area contributed by atoms with Crippen LogP contribution in [0.15, 0.2) is 46.7 Å². The smallest absolute Gasteiger partial charge is 0.259 e. The van der Waals surface area contributed by atoms with Crippen molar-refractivity contribution in [2.75, 3.05) is 39.4 Å². The number of hydrogen-bond acceptors (Lipinski definition) is 5. The number of sulfonamides is 1. The van der Waals surface area contributed by atoms with Gasteiger partial charge in [-0.15, -0.1) is 6.58 Å². The van der Waals surface area contributed by atoms with Crippen molar-refractivity contribution >= 4 is 26.8 Å². The normalized spacial score (nSPS) is 15.0. The minimum Gasteiger partial charge on any atom is -0.378 e. The van der Waals surface area contributed by atoms with Crippen LogP contribution in [0.2, 0.25) is 0 Å². The summed E-state index contributed by atoms with van der Waals surface area (Å²) in [6.45, 7) is 9.96. The number of carbonyl (C=O) groups is 1. The van der Waals surface area contributed by atoms with E-state index in [1.165, 1.54) is 22.6 Å². The molecule has 9 heteroatoms. The fourth-order valence-electron chi connectivity index (χ4n) is 3.63. The lowest BCUT2D eigenvalue weighted by atomic mass is 10.1. The Morgan fingerprint density at radius 3 is 2.50 bits per heavy atom. The maximum atomic E-state index is 13.2. The summed E-state index contributed by atoms with van der Waals surface area (Å²) in [6, 6.07) is 4.49. The van der Waals surface area contributed by atoms with Crippen LogP contribution in [0.3, 0.4) is 0 Å². The van der Waals surface area contributed by atoms with Crippen LogP contribution in [0.5, 0.6) is 0 Å². The van der Waals surface area contributed by atoms with Gasteiger partial charge in [-0.25, -0.2) is 8.42 Å². The van der Waals surface area contributed by atoms with E-state index in [1.807, 2.05) is 0 Å². The van der Waals surface area contributed by atoms with Crippen LogP contribution >= 0.6 is 0 Å². The molecule has 30 heavy (non-hydrogen) atoms. The van der Waals surface area contributed by atoms with E-state index in [0.29, 0.717) is 51.5 Å². The summed E-state index contributed by atoms with van der Waals surface area (Å²) in [4.78, 5) is 27.9. The maximum absolute atomic E-state index is 13.2. The Morgan fingerprint density at radius 1 is 1.23 bits per heavy atom. The summed E-state index contributed by atoms with van der Waals surface area (Å²) in [6.07, 6.45) is 3.19. The average Bonchev–Trinajstić information content (AvgIpc) is 2.76. The number of carbonyl (C=O) groups excluding carboxylic acids is 1. The molecule has 0 unspecified atom stereocenters. The molecule has 1 aliphatic heterocycles. The number of allylic oxidation sites excluding steroid dienone is 1. The summed E-state index contributed by atoms with van der Waals surface area (Å²) in [5.74, 6) is -0.375. The predicted octanol–water partition coefficient (Wildman–Crippen LogP) is 1.69. The molecule has 0 saturated carbocycles. The van der Waals surface area contributed by atoms with E-state index in [0.717, 1.165) is 0 Å². The van der Waals surface area contributed by atoms with Crippen LogP contribution in [-0.4, -0.2) is 67.5 Å². The molecule has 1 aromatic carbocycles. The first-order valence-electron chi connectivity index (χ1n) is 10.00. The number of aromatic nitrogens is 1. The van der Waals surface area contributed by atoms with Crippen LogP contribution in [0, 0.1) is 0 Å². The minimum atomic E-state index is -3.73. The van der Waals surface area contributed by atoms with Gasteiger partial charge >= 0.3 is 0 Å². The van der Waals surface area contributed by atoms with Crippen LogP contribution in [0.4, 0.5) is 0 Å². The molecule has 1 aliphatic rings. The van der Waals surface area contributed by atoms with Gasteiger partial charge in [0.05, 0.1) is 23.6 Å². The van der Waals surface area contributed by atoms with Gasteiger partial charge < -0.3 is 14.2 Å². The van der Waals surface area contributed by atoms with Crippen molar-refractivity contribution in [3.8, 4) is 0 Å². The van der Waals surface area contributed by atoms with Crippen molar-refractivity contribution in [1.82, 2.24) is 13.8 Å². The third-order valence-corrected chi connectivity index (χ3v) is 7.30. The molecule has 3 rings (SSSR count). The Labute approximate surface area is 176 Å². The molecule has 2 aromatic rings. The van der Waals surface area contributed by atoms with E-state index in [-0.39, 0.29) is 21.8 Å². The van der Waals surface area contributed by atoms with Gasteiger partial charge in [-0.05, 0) is 18.2 Å². The number of hydrogen-bond donors (Lipinski definition) is 0. The molecule has 0 bridgehead atoms. The van der Waals surface area contributed by atoms with Crippen molar-refractivity contribution < 1.29 is 17.9 Å². The van der Waals surface area contributed by atoms with Crippen LogP contribution in [-0.2, 0) is 21.3 Å². The Balaban J connectivity index is 2.20. The largest absolute Gasteiger partial charge is 0.378 e. The molecule has 0 radical (unpaired) electrons. The highest BCUT2D eigenvalue weighted by Crippen LogP contribution is 2.21. The molecule has 0 spiro atoms. The van der Waals surface area contributed by atoms with Gasteiger partial charge in [0.2, 0.25) is 15.5 Å². The van der Waals surface area contributed by atoms with Crippen molar-refractivity contribution in [2.45, 2.75) is 25.3 Å². The summed E-state index contributed by atoms with van der Waals surface area (Å²) >= 11 is 0. The third kappa shape index (κ3) is 4.05. The van der Waals surface area contributed by atoms with E-state index in [9.17, 15) is 18.0 Å². The molecule has 8 nitrogen and oxygen atoms in total. The first kappa shape index (κ1) is 22.2. The number of rotatable bonds is 7. The van der Waals surface area contributed by atoms with Crippen LogP contribution in [0.1, 0.15) is 24.2 Å². The van der Waals surface area contributed by atoms with E-state index in [2.05, 4.69) is 6.58 Å². The Morgan fingerprint density at radius 2 is 1.90 bits per heavy atom. The standard InChI is InChI=1S/C21H27N3O5S/c1-4-9-23-15-18(21(26)22-10-12-29-13-11-22)20(25)17-14-16(7-8-19(17)23)30(27,28)24(5-2)6-3/h4,7-8,14-15H,1,5-6,9-13H2,2-3H3. The quantitative estimate of drug-likeness (QED) is 0.620. The summed E-state index contributed by atoms with van der Waals surface area (Å²) in [7, 11) is -3.73. The first-order valence-corrected chi connectivity index (χ1v) is 11.4. The number of pyridine rings is 1. The topological polar surface area (TPSA) is 88.9 Å². The maximum Gasteiger partial charge on any atom is 0.259 e. The molecule has 0 aliphatic carbocycles. The zero-order valence-corrected chi connectivity index (χ0v) is 18.2. The average molecular weight is 434 g/mol. The third-order valence-electron chi connectivity index (χ3n) is 5.25. The second-order valence-electron chi connectivity index (χ2n) is 6.99. The van der Waals surface area contributed by atoms with Gasteiger partial charge in [0.15, 0.2) is 0 Å². The van der Waals surface area contributed by atoms with Gasteiger partial charge in [-0.3, -0.25) is 9.59 Å². The number of benzene rings is 1. The number of morpholine rings is 1. The monoisotopic (exact) mass is 433 g/mol. The highest BCUT2D eigenvalue weighted by molar-refractivity contribution is 7.89. The molecule has 2 heterocycles. The zero-order chi connectivity index (χ0) is 21.9. The van der Waals surface area contributed by atoms with Crippen molar-refractivity contribution in [3.05, 3.63) is 52.8 Å². The lowest BCUT2D eigenvalue weighted by molar-refractivity contribution is 0.0301. The molecule has 1 amide bonds. The molecular weight excluding hydrogens is 406 g/mol. The van der Waals surface area contributed by atoms with Gasteiger partial charge in [-0.2, -0.15) is 4.31 Å². The summed E-state index contributed by atoms with van der Waals surface area (Å²) in [5.41, 5.74) is 0.0963. The van der Waals surface area contributed by atoms with Crippen LogP contribution in [0.25, 0.3) is 10.9 Å². The molecule has 0 N–H and O–H groups in total. The SMILES string of the molecule is C=CCn1cc(C(=O)N2CCOCC2)c(=O)c2cc(S(=O)(=O)N(CC)CC)ccc21. The Kier molecular flexibility index (Phi) is 6.74. The van der Waals surface area contributed by atoms with Crippen molar-refractivity contribution in [3.63, 3.8) is 0 Å². The van der Waals surface area contributed by atoms with Crippen molar-refractivity contribution in [1.29, 1.82) is 0 Å². The minimum absolute atomic E-state index is 0.0173. The Hall–Kier alpha value is -2.49. The molecule has 1 aromatic heterocycles. The Bertz CT molecular complexity index is 1110. The highest BCUT2D eigenvalue weighted by Gasteiger charge is 2.25. The van der Waals surface area contributed by atoms with Crippen molar-refractivity contribution in [2.24, 2.45) is 0 Å². The highest BCUT2D eigenvalue weighted by atomic mass is 32.2. The molecule has 1 saturated heterocycles. The van der Waals surface area contributed by atoms with Crippen LogP contribution < -0.4 is 5.43 Å². The second-order valence-corrected chi connectivity index (χ2v) is 8.92. The van der Waals surface area contributed by atoms with Gasteiger partial charge in [0.25, 0.3) is 5.91 Å². The second kappa shape index (κ2) is 9.11. The van der Waals surface area contributed by atoms with Gasteiger partial charge in [-0.1, -0.05) is 19.9 Å². The van der Waals surface area contributed by atoms with E-state index >= 15 is 0 Å². The lowest BCUT2D eigenvalue weighted by Crippen LogP contribution is -2.42. The number of fused-ring (bicyclic) bond motifs is 1. The van der Waals surface area contributed by atoms with E-state index in [4.69, 9.17) is 4.74 Å². The zero-order valence-electron chi connectivity index (χ0n) is 17.3. The number of ether oxygens (including phenoxy) is 1. The predicted molar refractivity (Wildman–Crippen MR) is 115 cm³/mol. The van der Waals surface area contributed by atoms with Gasteiger partial charge in [0, 0.05) is 44.3 Å². The van der Waals surface area contributed by atoms with E-state index < -0.39 is 15.5 Å². The molecule has 1 fully saturated rings. The van der Waals surface area contributed by atoms with E-state index in [1.54, 1.807) is 35.5 Å². The molecular formula is C21H27N3O5S. The molecule has 162 valence electrons. The fourth-order valence-corrected chi connectivity index (χ4v) is 5.11. The molecule has 0 atom stereocenters. The summed E-state index contributed by atoms with van der Waals surface area (Å²) < 4.78 is 34.2. The number of amides is 1.